The van der Waals surface area contributed by atoms with Crippen LogP contribution >= 0.6 is 0 Å². The molecule has 1 atom stereocenters. The van der Waals surface area contributed by atoms with Crippen LogP contribution in [0.25, 0.3) is 11.2 Å². The Labute approximate surface area is 172 Å². The van der Waals surface area contributed by atoms with Crippen LogP contribution in [0.4, 0.5) is 4.39 Å². The standard InChI is InChI=1S/C20H22FN5O4/c1-4-16(27)26-8-7-13(10-26)29-19-17-18(22-11-23-19)25(2)20(24-17)30-12-5-6-15(28-3)14(21)9-12/h5-6,9,11,13H,4,7-8,10H2,1-3H3/t13-/m0/s1. The normalized spacial score (nSPS) is 16.1. The fourth-order valence-electron chi connectivity index (χ4n) is 3.38. The van der Waals surface area contributed by atoms with Crippen LogP contribution in [0.15, 0.2) is 24.5 Å². The lowest BCUT2D eigenvalue weighted by Gasteiger charge is -2.16. The van der Waals surface area contributed by atoms with Crippen molar-refractivity contribution in [1.29, 1.82) is 0 Å². The Kier molecular flexibility index (Phi) is 5.39. The Morgan fingerprint density at radius 3 is 2.90 bits per heavy atom. The van der Waals surface area contributed by atoms with Crippen LogP contribution in [-0.4, -0.2) is 56.6 Å². The van der Waals surface area contributed by atoms with Gasteiger partial charge in [0, 0.05) is 32.5 Å². The lowest BCUT2D eigenvalue weighted by molar-refractivity contribution is -0.130. The van der Waals surface area contributed by atoms with E-state index in [1.165, 1.54) is 25.6 Å². The highest BCUT2D eigenvalue weighted by atomic mass is 19.1. The van der Waals surface area contributed by atoms with Gasteiger partial charge in [-0.15, -0.1) is 0 Å². The minimum atomic E-state index is -0.537. The number of hydrogen-bond donors (Lipinski definition) is 0. The SMILES string of the molecule is CCC(=O)N1CC[C@H](Oc2ncnc3c2nc(Oc2ccc(OC)c(F)c2)n3C)C1. The van der Waals surface area contributed by atoms with E-state index >= 15 is 0 Å². The molecule has 1 saturated heterocycles. The fourth-order valence-corrected chi connectivity index (χ4v) is 3.38. The van der Waals surface area contributed by atoms with E-state index in [9.17, 15) is 9.18 Å². The van der Waals surface area contributed by atoms with Gasteiger partial charge in [0.2, 0.25) is 11.8 Å². The molecular weight excluding hydrogens is 393 g/mol. The summed E-state index contributed by atoms with van der Waals surface area (Å²) in [5.41, 5.74) is 0.952. The summed E-state index contributed by atoms with van der Waals surface area (Å²) >= 11 is 0. The Morgan fingerprint density at radius 1 is 1.33 bits per heavy atom. The van der Waals surface area contributed by atoms with Crippen LogP contribution in [0.2, 0.25) is 0 Å². The topological polar surface area (TPSA) is 91.6 Å². The number of halogens is 1. The van der Waals surface area contributed by atoms with E-state index in [1.807, 2.05) is 6.92 Å². The van der Waals surface area contributed by atoms with Crippen molar-refractivity contribution >= 4 is 17.1 Å². The molecule has 2 aromatic heterocycles. The number of aromatic nitrogens is 4. The molecule has 1 aliphatic rings. The van der Waals surface area contributed by atoms with Gasteiger partial charge >= 0.3 is 6.01 Å². The maximum absolute atomic E-state index is 14.0. The van der Waals surface area contributed by atoms with E-state index in [4.69, 9.17) is 14.2 Å². The van der Waals surface area contributed by atoms with Crippen molar-refractivity contribution in [2.24, 2.45) is 7.05 Å². The lowest BCUT2D eigenvalue weighted by atomic mass is 10.3. The summed E-state index contributed by atoms with van der Waals surface area (Å²) in [5, 5.41) is 0. The Balaban J connectivity index is 1.57. The van der Waals surface area contributed by atoms with Gasteiger partial charge in [0.1, 0.15) is 18.2 Å². The first kappa shape index (κ1) is 19.9. The number of likely N-dealkylation sites (tertiary alicyclic amines) is 1. The van der Waals surface area contributed by atoms with Gasteiger partial charge in [0.25, 0.3) is 0 Å². The van der Waals surface area contributed by atoms with Crippen LogP contribution < -0.4 is 14.2 Å². The summed E-state index contributed by atoms with van der Waals surface area (Å²) in [6, 6.07) is 4.50. The Hall–Kier alpha value is -3.43. The number of carbonyl (C=O) groups is 1. The molecule has 0 aliphatic carbocycles. The molecule has 0 bridgehead atoms. The van der Waals surface area contributed by atoms with Gasteiger partial charge in [-0.1, -0.05) is 6.92 Å². The van der Waals surface area contributed by atoms with Crippen LogP contribution in [0.1, 0.15) is 19.8 Å². The number of nitrogens with zero attached hydrogens (tertiary/aromatic N) is 5. The van der Waals surface area contributed by atoms with Crippen LogP contribution in [0, 0.1) is 5.82 Å². The number of aryl methyl sites for hydroxylation is 1. The minimum absolute atomic E-state index is 0.106. The average Bonchev–Trinajstić information content (AvgIpc) is 3.33. The molecule has 9 nitrogen and oxygen atoms in total. The fraction of sp³-hybridized carbons (Fsp3) is 0.400. The summed E-state index contributed by atoms with van der Waals surface area (Å²) in [4.78, 5) is 26.6. The Morgan fingerprint density at radius 2 is 2.17 bits per heavy atom. The highest BCUT2D eigenvalue weighted by Crippen LogP contribution is 2.30. The number of benzene rings is 1. The summed E-state index contributed by atoms with van der Waals surface area (Å²) in [7, 11) is 3.13. The number of carbonyl (C=O) groups excluding carboxylic acids is 1. The zero-order valence-electron chi connectivity index (χ0n) is 17.0. The number of fused-ring (bicyclic) bond motifs is 1. The monoisotopic (exact) mass is 415 g/mol. The van der Waals surface area contributed by atoms with E-state index in [0.29, 0.717) is 36.6 Å². The number of methoxy groups -OCH3 is 1. The first-order valence-corrected chi connectivity index (χ1v) is 9.63. The van der Waals surface area contributed by atoms with Crippen molar-refractivity contribution in [2.45, 2.75) is 25.9 Å². The van der Waals surface area contributed by atoms with Gasteiger partial charge in [0.15, 0.2) is 22.7 Å². The quantitative estimate of drug-likeness (QED) is 0.611. The van der Waals surface area contributed by atoms with Gasteiger partial charge in [-0.05, 0) is 12.1 Å². The molecule has 1 fully saturated rings. The summed E-state index contributed by atoms with van der Waals surface area (Å²) < 4.78 is 32.3. The third kappa shape index (κ3) is 3.72. The summed E-state index contributed by atoms with van der Waals surface area (Å²) in [5.74, 6) is 0.286. The second-order valence-corrected chi connectivity index (χ2v) is 6.92. The molecule has 1 aromatic carbocycles. The summed E-state index contributed by atoms with van der Waals surface area (Å²) in [6.07, 6.45) is 2.41. The van der Waals surface area contributed by atoms with Gasteiger partial charge in [-0.25, -0.2) is 9.37 Å². The van der Waals surface area contributed by atoms with Crippen molar-refractivity contribution in [3.05, 3.63) is 30.3 Å². The molecule has 10 heteroatoms. The molecule has 30 heavy (non-hydrogen) atoms. The molecule has 0 N–H and O–H groups in total. The molecule has 3 heterocycles. The number of ether oxygens (including phenoxy) is 3. The zero-order valence-corrected chi connectivity index (χ0v) is 17.0. The largest absolute Gasteiger partial charge is 0.494 e. The third-order valence-corrected chi connectivity index (χ3v) is 4.99. The third-order valence-electron chi connectivity index (χ3n) is 4.99. The molecule has 1 aliphatic heterocycles. The highest BCUT2D eigenvalue weighted by molar-refractivity contribution is 5.78. The van der Waals surface area contributed by atoms with E-state index in [1.54, 1.807) is 22.6 Å². The van der Waals surface area contributed by atoms with E-state index in [2.05, 4.69) is 15.0 Å². The molecular formula is C20H22FN5O4. The molecule has 0 unspecified atom stereocenters. The predicted octanol–water partition coefficient (Wildman–Crippen LogP) is 2.69. The molecule has 0 saturated carbocycles. The van der Waals surface area contributed by atoms with Crippen molar-refractivity contribution in [1.82, 2.24) is 24.4 Å². The number of imidazole rings is 1. The van der Waals surface area contributed by atoms with Crippen LogP contribution in [-0.2, 0) is 11.8 Å². The van der Waals surface area contributed by atoms with Gasteiger partial charge in [0.05, 0.1) is 13.7 Å². The van der Waals surface area contributed by atoms with E-state index in [0.717, 1.165) is 6.42 Å². The first-order valence-electron chi connectivity index (χ1n) is 9.63. The average molecular weight is 415 g/mol. The smallest absolute Gasteiger partial charge is 0.304 e. The molecule has 0 spiro atoms. The summed E-state index contributed by atoms with van der Waals surface area (Å²) in [6.45, 7) is 3.01. The van der Waals surface area contributed by atoms with Crippen molar-refractivity contribution < 1.29 is 23.4 Å². The molecule has 0 radical (unpaired) electrons. The van der Waals surface area contributed by atoms with Crippen molar-refractivity contribution in [3.63, 3.8) is 0 Å². The van der Waals surface area contributed by atoms with Gasteiger partial charge in [-0.3, -0.25) is 9.36 Å². The minimum Gasteiger partial charge on any atom is -0.494 e. The highest BCUT2D eigenvalue weighted by Gasteiger charge is 2.28. The van der Waals surface area contributed by atoms with Crippen LogP contribution in [0.5, 0.6) is 23.4 Å². The lowest BCUT2D eigenvalue weighted by Crippen LogP contribution is -2.30. The number of amides is 1. The first-order chi connectivity index (χ1) is 14.5. The van der Waals surface area contributed by atoms with Crippen molar-refractivity contribution in [3.8, 4) is 23.4 Å². The Bertz CT molecular complexity index is 1090. The predicted molar refractivity (Wildman–Crippen MR) is 105 cm³/mol. The van der Waals surface area contributed by atoms with Gasteiger partial charge < -0.3 is 19.1 Å². The van der Waals surface area contributed by atoms with Crippen LogP contribution in [0.3, 0.4) is 0 Å². The molecule has 158 valence electrons. The molecule has 3 aromatic rings. The number of hydrogen-bond acceptors (Lipinski definition) is 7. The van der Waals surface area contributed by atoms with Gasteiger partial charge in [-0.2, -0.15) is 9.97 Å². The van der Waals surface area contributed by atoms with Crippen molar-refractivity contribution in [2.75, 3.05) is 20.2 Å². The molecule has 1 amide bonds. The van der Waals surface area contributed by atoms with E-state index < -0.39 is 5.82 Å². The molecule has 4 rings (SSSR count). The van der Waals surface area contributed by atoms with E-state index in [-0.39, 0.29) is 29.5 Å². The zero-order chi connectivity index (χ0) is 21.3. The maximum Gasteiger partial charge on any atom is 0.304 e. The number of rotatable bonds is 6. The second kappa shape index (κ2) is 8.13. The second-order valence-electron chi connectivity index (χ2n) is 6.92. The maximum atomic E-state index is 14.0.